The molecule has 1 aliphatic rings. The summed E-state index contributed by atoms with van der Waals surface area (Å²) in [5.41, 5.74) is 1.33. The SMILES string of the molecule is CC1OC1COCCc1ccccc1. The van der Waals surface area contributed by atoms with Crippen LogP contribution in [-0.4, -0.2) is 25.4 Å². The summed E-state index contributed by atoms with van der Waals surface area (Å²) in [5.74, 6) is 0. The molecule has 2 nitrogen and oxygen atoms in total. The third-order valence-electron chi connectivity index (χ3n) is 2.50. The number of benzene rings is 1. The van der Waals surface area contributed by atoms with Crippen molar-refractivity contribution in [3.05, 3.63) is 35.9 Å². The van der Waals surface area contributed by atoms with Crippen LogP contribution in [0, 0.1) is 0 Å². The van der Waals surface area contributed by atoms with Crippen molar-refractivity contribution in [2.45, 2.75) is 25.6 Å². The van der Waals surface area contributed by atoms with Crippen molar-refractivity contribution < 1.29 is 9.47 Å². The molecule has 0 N–H and O–H groups in total. The van der Waals surface area contributed by atoms with Crippen LogP contribution in [0.3, 0.4) is 0 Å². The Labute approximate surface area is 84.8 Å². The van der Waals surface area contributed by atoms with E-state index in [0.29, 0.717) is 12.2 Å². The highest BCUT2D eigenvalue weighted by atomic mass is 16.6. The van der Waals surface area contributed by atoms with Gasteiger partial charge in [0.25, 0.3) is 0 Å². The molecule has 2 atom stereocenters. The molecule has 0 radical (unpaired) electrons. The number of hydrogen-bond donors (Lipinski definition) is 0. The molecule has 0 aromatic heterocycles. The maximum atomic E-state index is 5.51. The van der Waals surface area contributed by atoms with Crippen molar-refractivity contribution in [1.82, 2.24) is 0 Å². The number of epoxide rings is 1. The third-order valence-corrected chi connectivity index (χ3v) is 2.50. The van der Waals surface area contributed by atoms with Crippen LogP contribution < -0.4 is 0 Å². The second kappa shape index (κ2) is 4.58. The minimum absolute atomic E-state index is 0.353. The standard InChI is InChI=1S/C12H16O2/c1-10-12(14-10)9-13-8-7-11-5-3-2-4-6-11/h2-6,10,12H,7-9H2,1H3. The zero-order valence-electron chi connectivity index (χ0n) is 8.48. The molecule has 0 saturated carbocycles. The van der Waals surface area contributed by atoms with Crippen molar-refractivity contribution in [3.63, 3.8) is 0 Å². The zero-order chi connectivity index (χ0) is 9.80. The lowest BCUT2D eigenvalue weighted by Crippen LogP contribution is -2.06. The summed E-state index contributed by atoms with van der Waals surface area (Å²) in [6.45, 7) is 3.61. The fourth-order valence-corrected chi connectivity index (χ4v) is 1.44. The van der Waals surface area contributed by atoms with E-state index in [1.54, 1.807) is 0 Å². The molecule has 0 amide bonds. The lowest BCUT2D eigenvalue weighted by Gasteiger charge is -2.01. The van der Waals surface area contributed by atoms with Gasteiger partial charge in [-0.2, -0.15) is 0 Å². The molecule has 2 unspecified atom stereocenters. The average Bonchev–Trinajstić information content (AvgIpc) is 2.91. The van der Waals surface area contributed by atoms with E-state index in [1.165, 1.54) is 5.56 Å². The summed E-state index contributed by atoms with van der Waals surface area (Å²) < 4.78 is 10.8. The molecule has 1 saturated heterocycles. The van der Waals surface area contributed by atoms with E-state index in [0.717, 1.165) is 19.6 Å². The Morgan fingerprint density at radius 3 is 2.64 bits per heavy atom. The molecule has 1 aromatic rings. The highest BCUT2D eigenvalue weighted by Crippen LogP contribution is 2.20. The van der Waals surface area contributed by atoms with Gasteiger partial charge in [-0.15, -0.1) is 0 Å². The second-order valence-electron chi connectivity index (χ2n) is 3.69. The Morgan fingerprint density at radius 2 is 2.00 bits per heavy atom. The lowest BCUT2D eigenvalue weighted by molar-refractivity contribution is 0.119. The van der Waals surface area contributed by atoms with Gasteiger partial charge in [0.05, 0.1) is 19.3 Å². The smallest absolute Gasteiger partial charge is 0.107 e. The first-order valence-electron chi connectivity index (χ1n) is 5.13. The maximum Gasteiger partial charge on any atom is 0.107 e. The van der Waals surface area contributed by atoms with E-state index in [1.807, 2.05) is 6.07 Å². The van der Waals surface area contributed by atoms with Gasteiger partial charge < -0.3 is 9.47 Å². The molecule has 2 rings (SSSR count). The van der Waals surface area contributed by atoms with Crippen molar-refractivity contribution in [2.24, 2.45) is 0 Å². The normalized spacial score (nSPS) is 24.9. The monoisotopic (exact) mass is 192 g/mol. The third kappa shape index (κ3) is 2.82. The largest absolute Gasteiger partial charge is 0.378 e. The molecular weight excluding hydrogens is 176 g/mol. The quantitative estimate of drug-likeness (QED) is 0.526. The van der Waals surface area contributed by atoms with E-state index >= 15 is 0 Å². The van der Waals surface area contributed by atoms with Crippen LogP contribution in [0.25, 0.3) is 0 Å². The van der Waals surface area contributed by atoms with Crippen LogP contribution in [0.4, 0.5) is 0 Å². The van der Waals surface area contributed by atoms with Gasteiger partial charge in [-0.05, 0) is 18.9 Å². The van der Waals surface area contributed by atoms with Crippen LogP contribution in [-0.2, 0) is 15.9 Å². The van der Waals surface area contributed by atoms with Crippen LogP contribution in [0.2, 0.25) is 0 Å². The van der Waals surface area contributed by atoms with Crippen molar-refractivity contribution in [3.8, 4) is 0 Å². The summed E-state index contributed by atoms with van der Waals surface area (Å²) >= 11 is 0. The first-order valence-corrected chi connectivity index (χ1v) is 5.13. The fourth-order valence-electron chi connectivity index (χ4n) is 1.44. The highest BCUT2D eigenvalue weighted by Gasteiger charge is 2.33. The van der Waals surface area contributed by atoms with E-state index in [-0.39, 0.29) is 0 Å². The van der Waals surface area contributed by atoms with Crippen LogP contribution in [0.5, 0.6) is 0 Å². The average molecular weight is 192 g/mol. The minimum atomic E-state index is 0.353. The van der Waals surface area contributed by atoms with E-state index in [4.69, 9.17) is 9.47 Å². The molecule has 0 aliphatic carbocycles. The Bertz CT molecular complexity index is 271. The van der Waals surface area contributed by atoms with E-state index in [9.17, 15) is 0 Å². The molecule has 0 spiro atoms. The highest BCUT2D eigenvalue weighted by molar-refractivity contribution is 5.14. The van der Waals surface area contributed by atoms with Crippen LogP contribution in [0.1, 0.15) is 12.5 Å². The fraction of sp³-hybridized carbons (Fsp3) is 0.500. The van der Waals surface area contributed by atoms with Crippen molar-refractivity contribution in [1.29, 1.82) is 0 Å². The second-order valence-corrected chi connectivity index (χ2v) is 3.69. The summed E-state index contributed by atoms with van der Waals surface area (Å²) in [5, 5.41) is 0. The topological polar surface area (TPSA) is 21.8 Å². The van der Waals surface area contributed by atoms with Gasteiger partial charge in [-0.3, -0.25) is 0 Å². The predicted octanol–water partition coefficient (Wildman–Crippen LogP) is 2.03. The summed E-state index contributed by atoms with van der Waals surface area (Å²) in [6.07, 6.45) is 1.75. The lowest BCUT2D eigenvalue weighted by atomic mass is 10.2. The zero-order valence-corrected chi connectivity index (χ0v) is 8.48. The van der Waals surface area contributed by atoms with Gasteiger partial charge in [0, 0.05) is 0 Å². The Morgan fingerprint density at radius 1 is 1.29 bits per heavy atom. The van der Waals surface area contributed by atoms with Gasteiger partial charge in [-0.1, -0.05) is 30.3 Å². The molecule has 2 heteroatoms. The molecule has 1 aromatic carbocycles. The van der Waals surface area contributed by atoms with E-state index in [2.05, 4.69) is 31.2 Å². The molecule has 76 valence electrons. The van der Waals surface area contributed by atoms with E-state index < -0.39 is 0 Å². The van der Waals surface area contributed by atoms with Crippen molar-refractivity contribution in [2.75, 3.05) is 13.2 Å². The molecule has 14 heavy (non-hydrogen) atoms. The maximum absolute atomic E-state index is 5.51. The number of rotatable bonds is 5. The summed E-state index contributed by atoms with van der Waals surface area (Å²) in [7, 11) is 0. The molecule has 0 bridgehead atoms. The Hall–Kier alpha value is -0.860. The molecule has 1 aliphatic heterocycles. The van der Waals surface area contributed by atoms with Crippen LogP contribution >= 0.6 is 0 Å². The molecule has 1 fully saturated rings. The Balaban J connectivity index is 1.59. The minimum Gasteiger partial charge on any atom is -0.378 e. The molecule has 1 heterocycles. The first-order chi connectivity index (χ1) is 6.86. The Kier molecular flexibility index (Phi) is 3.17. The number of ether oxygens (including phenoxy) is 2. The van der Waals surface area contributed by atoms with Gasteiger partial charge in [0.15, 0.2) is 0 Å². The van der Waals surface area contributed by atoms with Crippen molar-refractivity contribution >= 4 is 0 Å². The predicted molar refractivity (Wildman–Crippen MR) is 55.3 cm³/mol. The summed E-state index contributed by atoms with van der Waals surface area (Å²) in [6, 6.07) is 10.4. The molecular formula is C12H16O2. The van der Waals surface area contributed by atoms with Gasteiger partial charge >= 0.3 is 0 Å². The summed E-state index contributed by atoms with van der Waals surface area (Å²) in [4.78, 5) is 0. The first kappa shape index (κ1) is 9.69. The van der Waals surface area contributed by atoms with Crippen LogP contribution in [0.15, 0.2) is 30.3 Å². The van der Waals surface area contributed by atoms with Gasteiger partial charge in [-0.25, -0.2) is 0 Å². The van der Waals surface area contributed by atoms with Gasteiger partial charge in [0.2, 0.25) is 0 Å². The van der Waals surface area contributed by atoms with Gasteiger partial charge in [0.1, 0.15) is 6.10 Å². The number of hydrogen-bond acceptors (Lipinski definition) is 2.